The molecule has 0 bridgehead atoms. The number of oxazole rings is 1. The Labute approximate surface area is 115 Å². The summed E-state index contributed by atoms with van der Waals surface area (Å²) in [6.07, 6.45) is 3.30. The van der Waals surface area contributed by atoms with Crippen LogP contribution < -0.4 is 0 Å². The van der Waals surface area contributed by atoms with Crippen molar-refractivity contribution >= 4 is 0 Å². The molecule has 0 aliphatic rings. The molecule has 3 aromatic rings. The Balaban J connectivity index is 2.16. The highest BCUT2D eigenvalue weighted by atomic mass is 16.4. The molecule has 0 saturated heterocycles. The fourth-order valence-electron chi connectivity index (χ4n) is 1.98. The van der Waals surface area contributed by atoms with E-state index >= 15 is 0 Å². The number of hydrogen-bond acceptors (Lipinski definition) is 5. The molecule has 6 nitrogen and oxygen atoms in total. The lowest BCUT2D eigenvalue weighted by Gasteiger charge is -1.98. The van der Waals surface area contributed by atoms with Gasteiger partial charge in [0.25, 0.3) is 5.88 Å². The highest BCUT2D eigenvalue weighted by Crippen LogP contribution is 2.24. The smallest absolute Gasteiger partial charge is 0.259 e. The molecule has 6 heteroatoms. The van der Waals surface area contributed by atoms with Crippen LogP contribution in [0.3, 0.4) is 0 Å². The van der Waals surface area contributed by atoms with Crippen molar-refractivity contribution in [3.63, 3.8) is 0 Å². The minimum atomic E-state index is 0.204. The second kappa shape index (κ2) is 4.63. The molecule has 98 valence electrons. The normalized spacial score (nSPS) is 10.4. The van der Waals surface area contributed by atoms with E-state index in [0.717, 1.165) is 17.0 Å². The Kier molecular flexibility index (Phi) is 2.80. The number of pyridine rings is 1. The summed E-state index contributed by atoms with van der Waals surface area (Å²) in [5.41, 5.74) is 2.66. The number of nitriles is 1. The average molecular weight is 265 g/mol. The molecule has 0 aromatic carbocycles. The number of aryl methyl sites for hydroxylation is 2. The topological polar surface area (TPSA) is 80.5 Å². The lowest BCUT2D eigenvalue weighted by atomic mass is 10.3. The van der Waals surface area contributed by atoms with E-state index in [2.05, 4.69) is 15.1 Å². The fraction of sp³-hybridized carbons (Fsp3) is 0.143. The summed E-state index contributed by atoms with van der Waals surface area (Å²) in [7, 11) is 0. The molecule has 0 spiro atoms. The van der Waals surface area contributed by atoms with Crippen molar-refractivity contribution in [3.05, 3.63) is 47.7 Å². The van der Waals surface area contributed by atoms with Crippen LogP contribution in [0.2, 0.25) is 0 Å². The lowest BCUT2D eigenvalue weighted by Crippen LogP contribution is -1.99. The molecule has 0 amide bonds. The summed E-state index contributed by atoms with van der Waals surface area (Å²) in [5, 5.41) is 13.5. The summed E-state index contributed by atoms with van der Waals surface area (Å²) in [5.74, 6) is 0.689. The third kappa shape index (κ3) is 1.95. The van der Waals surface area contributed by atoms with E-state index in [-0.39, 0.29) is 5.69 Å². The van der Waals surface area contributed by atoms with Gasteiger partial charge in [0, 0.05) is 18.1 Å². The standard InChI is InChI=1S/C14H11N5O/c1-9-6-10(2)19(18-9)14-12(7-15)17-13(20-14)11-4-3-5-16-8-11/h3-6,8H,1-2H3. The molecule has 0 atom stereocenters. The molecular formula is C14H11N5O. The van der Waals surface area contributed by atoms with Crippen LogP contribution in [-0.4, -0.2) is 19.7 Å². The fourth-order valence-corrected chi connectivity index (χ4v) is 1.98. The van der Waals surface area contributed by atoms with Crippen LogP contribution in [0, 0.1) is 25.2 Å². The van der Waals surface area contributed by atoms with Gasteiger partial charge >= 0.3 is 0 Å². The second-order valence-electron chi connectivity index (χ2n) is 4.37. The van der Waals surface area contributed by atoms with Gasteiger partial charge in [0.15, 0.2) is 0 Å². The van der Waals surface area contributed by atoms with E-state index < -0.39 is 0 Å². The van der Waals surface area contributed by atoms with Gasteiger partial charge in [0.05, 0.1) is 11.3 Å². The second-order valence-corrected chi connectivity index (χ2v) is 4.37. The van der Waals surface area contributed by atoms with Crippen molar-refractivity contribution < 1.29 is 4.42 Å². The largest absolute Gasteiger partial charge is 0.417 e. The summed E-state index contributed by atoms with van der Waals surface area (Å²) in [6.45, 7) is 3.78. The van der Waals surface area contributed by atoms with Crippen LogP contribution in [0.1, 0.15) is 17.1 Å². The number of nitrogens with zero attached hydrogens (tertiary/aromatic N) is 5. The number of rotatable bonds is 2. The van der Waals surface area contributed by atoms with Crippen molar-refractivity contribution in [1.29, 1.82) is 5.26 Å². The van der Waals surface area contributed by atoms with Gasteiger partial charge in [-0.3, -0.25) is 4.98 Å². The predicted octanol–water partition coefficient (Wildman–Crippen LogP) is 2.41. The van der Waals surface area contributed by atoms with Crippen molar-refractivity contribution in [2.24, 2.45) is 0 Å². The van der Waals surface area contributed by atoms with Crippen molar-refractivity contribution in [2.75, 3.05) is 0 Å². The molecule has 0 aliphatic heterocycles. The van der Waals surface area contributed by atoms with Crippen LogP contribution in [-0.2, 0) is 0 Å². The Hall–Kier alpha value is -2.94. The van der Waals surface area contributed by atoms with Crippen molar-refractivity contribution in [1.82, 2.24) is 19.7 Å². The summed E-state index contributed by atoms with van der Waals surface area (Å²) in [4.78, 5) is 8.21. The molecule has 0 N–H and O–H groups in total. The summed E-state index contributed by atoms with van der Waals surface area (Å²) in [6, 6.07) is 7.56. The number of hydrogen-bond donors (Lipinski definition) is 0. The van der Waals surface area contributed by atoms with E-state index in [0.29, 0.717) is 11.8 Å². The monoisotopic (exact) mass is 265 g/mol. The van der Waals surface area contributed by atoms with Crippen molar-refractivity contribution in [2.45, 2.75) is 13.8 Å². The van der Waals surface area contributed by atoms with Gasteiger partial charge in [-0.1, -0.05) is 0 Å². The summed E-state index contributed by atoms with van der Waals surface area (Å²) >= 11 is 0. The van der Waals surface area contributed by atoms with Crippen molar-refractivity contribution in [3.8, 4) is 23.4 Å². The van der Waals surface area contributed by atoms with E-state index in [1.165, 1.54) is 0 Å². The van der Waals surface area contributed by atoms with Crippen LogP contribution in [0.15, 0.2) is 35.0 Å². The first-order chi connectivity index (χ1) is 9.69. The average Bonchev–Trinajstić information content (AvgIpc) is 3.02. The Morgan fingerprint density at radius 2 is 2.20 bits per heavy atom. The maximum atomic E-state index is 9.21. The van der Waals surface area contributed by atoms with Gasteiger partial charge in [-0.25, -0.2) is 4.68 Å². The third-order valence-corrected chi connectivity index (χ3v) is 2.83. The van der Waals surface area contributed by atoms with Crippen LogP contribution in [0.25, 0.3) is 17.3 Å². The van der Waals surface area contributed by atoms with Gasteiger partial charge in [-0.15, -0.1) is 0 Å². The zero-order valence-corrected chi connectivity index (χ0v) is 11.0. The molecule has 3 rings (SSSR count). The first kappa shape index (κ1) is 12.1. The minimum absolute atomic E-state index is 0.204. The van der Waals surface area contributed by atoms with Gasteiger partial charge < -0.3 is 4.42 Å². The zero-order valence-electron chi connectivity index (χ0n) is 11.0. The summed E-state index contributed by atoms with van der Waals surface area (Å²) < 4.78 is 7.28. The van der Waals surface area contributed by atoms with Gasteiger partial charge in [-0.2, -0.15) is 15.3 Å². The molecule has 0 radical (unpaired) electrons. The maximum absolute atomic E-state index is 9.21. The predicted molar refractivity (Wildman–Crippen MR) is 71.0 cm³/mol. The molecule has 0 saturated carbocycles. The van der Waals surface area contributed by atoms with Gasteiger partial charge in [0.1, 0.15) is 6.07 Å². The van der Waals surface area contributed by atoms with Gasteiger partial charge in [0.2, 0.25) is 11.6 Å². The highest BCUT2D eigenvalue weighted by Gasteiger charge is 2.18. The molecule has 0 fully saturated rings. The zero-order chi connectivity index (χ0) is 14.1. The van der Waals surface area contributed by atoms with E-state index in [1.54, 1.807) is 23.1 Å². The lowest BCUT2D eigenvalue weighted by molar-refractivity contribution is 0.524. The maximum Gasteiger partial charge on any atom is 0.259 e. The van der Waals surface area contributed by atoms with Crippen LogP contribution in [0.5, 0.6) is 0 Å². The Morgan fingerprint density at radius 3 is 2.80 bits per heavy atom. The van der Waals surface area contributed by atoms with E-state index in [4.69, 9.17) is 4.42 Å². The van der Waals surface area contributed by atoms with Crippen LogP contribution >= 0.6 is 0 Å². The molecule has 0 aliphatic carbocycles. The molecule has 20 heavy (non-hydrogen) atoms. The van der Waals surface area contributed by atoms with Crippen LogP contribution in [0.4, 0.5) is 0 Å². The minimum Gasteiger partial charge on any atom is -0.417 e. The van der Waals surface area contributed by atoms with Gasteiger partial charge in [-0.05, 0) is 32.0 Å². The first-order valence-electron chi connectivity index (χ1n) is 6.04. The Morgan fingerprint density at radius 1 is 1.35 bits per heavy atom. The SMILES string of the molecule is Cc1cc(C)n(-c2oc(-c3cccnc3)nc2C#N)n1. The molecule has 3 aromatic heterocycles. The molecular weight excluding hydrogens is 254 g/mol. The molecule has 0 unspecified atom stereocenters. The molecule has 3 heterocycles. The highest BCUT2D eigenvalue weighted by molar-refractivity contribution is 5.54. The first-order valence-corrected chi connectivity index (χ1v) is 6.04. The van der Waals surface area contributed by atoms with E-state index in [9.17, 15) is 5.26 Å². The van der Waals surface area contributed by atoms with E-state index in [1.807, 2.05) is 32.0 Å². The Bertz CT molecular complexity index is 795. The number of aromatic nitrogens is 4. The third-order valence-electron chi connectivity index (χ3n) is 2.83. The quantitative estimate of drug-likeness (QED) is 0.710.